The maximum absolute atomic E-state index is 14.0. The summed E-state index contributed by atoms with van der Waals surface area (Å²) in [6.45, 7) is 5.21. The molecule has 1 heterocycles. The molecule has 1 aromatic carbocycles. The number of hydrazine groups is 1. The minimum atomic E-state index is -1.84. The van der Waals surface area contributed by atoms with Gasteiger partial charge in [0.1, 0.15) is 6.61 Å². The summed E-state index contributed by atoms with van der Waals surface area (Å²) in [6, 6.07) is 6.71. The fraction of sp³-hybridized carbons (Fsp3) is 0.676. The molecular formula is C34H53N3O8. The van der Waals surface area contributed by atoms with E-state index < -0.39 is 42.1 Å². The number of rotatable bonds is 21. The summed E-state index contributed by atoms with van der Waals surface area (Å²) in [7, 11) is 0. The number of ketones is 1. The standard InChI is InChI=1S/C34H53N3O8/c1-4-7-8-9-10-11-12-13-14-15-16-17-21-24-29(38)30(37(34(42)44-6-3)35-32(40)43-5-2)31(39)36-28(26-45-33(36)41)25-27-22-19-18-20-23-27/h18-20,22-23,28,30H,4-17,21,24-26H2,1-3H3,(H,35,40)/t28-,30+/m0/s1. The molecule has 0 bridgehead atoms. The number of carbonyl (C=O) groups is 5. The average molecular weight is 632 g/mol. The van der Waals surface area contributed by atoms with E-state index in [0.29, 0.717) is 17.9 Å². The number of benzene rings is 1. The zero-order valence-electron chi connectivity index (χ0n) is 27.4. The lowest BCUT2D eigenvalue weighted by atomic mass is 10.0. The van der Waals surface area contributed by atoms with Gasteiger partial charge in [0.2, 0.25) is 0 Å². The number of imide groups is 1. The van der Waals surface area contributed by atoms with Crippen molar-refractivity contribution in [3.63, 3.8) is 0 Å². The molecule has 0 aliphatic carbocycles. The lowest BCUT2D eigenvalue weighted by Gasteiger charge is -2.31. The molecule has 0 radical (unpaired) electrons. The van der Waals surface area contributed by atoms with Gasteiger partial charge in [0.15, 0.2) is 11.8 Å². The third-order valence-corrected chi connectivity index (χ3v) is 7.79. The molecule has 2 rings (SSSR count). The van der Waals surface area contributed by atoms with E-state index in [9.17, 15) is 24.0 Å². The zero-order valence-corrected chi connectivity index (χ0v) is 27.4. The quantitative estimate of drug-likeness (QED) is 0.0657. The van der Waals surface area contributed by atoms with Crippen molar-refractivity contribution in [3.05, 3.63) is 35.9 Å². The van der Waals surface area contributed by atoms with Crippen LogP contribution in [0.15, 0.2) is 30.3 Å². The van der Waals surface area contributed by atoms with Crippen molar-refractivity contribution in [2.75, 3.05) is 19.8 Å². The molecule has 252 valence electrons. The highest BCUT2D eigenvalue weighted by Gasteiger charge is 2.47. The van der Waals surface area contributed by atoms with E-state index in [1.807, 2.05) is 30.3 Å². The van der Waals surface area contributed by atoms with Gasteiger partial charge in [-0.3, -0.25) is 9.59 Å². The Bertz CT molecular complexity index is 1050. The lowest BCUT2D eigenvalue weighted by molar-refractivity contribution is -0.142. The molecule has 0 unspecified atom stereocenters. The van der Waals surface area contributed by atoms with Gasteiger partial charge in [-0.2, -0.15) is 5.01 Å². The molecule has 4 amide bonds. The predicted molar refractivity (Wildman–Crippen MR) is 170 cm³/mol. The van der Waals surface area contributed by atoms with Crippen LogP contribution in [0.4, 0.5) is 14.4 Å². The van der Waals surface area contributed by atoms with Crippen molar-refractivity contribution in [1.29, 1.82) is 0 Å². The van der Waals surface area contributed by atoms with E-state index in [2.05, 4.69) is 12.3 Å². The predicted octanol–water partition coefficient (Wildman–Crippen LogP) is 7.12. The first kappa shape index (κ1) is 37.6. The molecule has 11 nitrogen and oxygen atoms in total. The highest BCUT2D eigenvalue weighted by molar-refractivity contribution is 6.11. The highest BCUT2D eigenvalue weighted by atomic mass is 16.6. The summed E-state index contributed by atoms with van der Waals surface area (Å²) in [4.78, 5) is 66.7. The van der Waals surface area contributed by atoms with Crippen LogP contribution in [0.2, 0.25) is 0 Å². The summed E-state index contributed by atoms with van der Waals surface area (Å²) < 4.78 is 15.2. The van der Waals surface area contributed by atoms with Crippen molar-refractivity contribution in [3.8, 4) is 0 Å². The summed E-state index contributed by atoms with van der Waals surface area (Å²) in [5.41, 5.74) is 3.05. The Kier molecular flexibility index (Phi) is 18.3. The number of hydrogen-bond donors (Lipinski definition) is 1. The van der Waals surface area contributed by atoms with E-state index in [-0.39, 0.29) is 26.2 Å². The van der Waals surface area contributed by atoms with Crippen molar-refractivity contribution in [1.82, 2.24) is 15.3 Å². The Morgan fingerprint density at radius 3 is 1.96 bits per heavy atom. The summed E-state index contributed by atoms with van der Waals surface area (Å²) in [5, 5.41) is 0.541. The maximum atomic E-state index is 14.0. The molecule has 11 heteroatoms. The SMILES string of the molecule is CCCCCCCCCCCCCCCC(=O)[C@H](C(=O)N1C(=O)OC[C@@H]1Cc1ccccc1)N(NC(=O)OCC)C(=O)OCC. The van der Waals surface area contributed by atoms with Crippen molar-refractivity contribution >= 4 is 30.0 Å². The van der Waals surface area contributed by atoms with Crippen LogP contribution in [0.3, 0.4) is 0 Å². The molecule has 1 aliphatic heterocycles. The van der Waals surface area contributed by atoms with Gasteiger partial charge in [-0.1, -0.05) is 114 Å². The van der Waals surface area contributed by atoms with Crippen LogP contribution in [0.1, 0.15) is 116 Å². The van der Waals surface area contributed by atoms with Crippen molar-refractivity contribution < 1.29 is 38.2 Å². The fourth-order valence-corrected chi connectivity index (χ4v) is 5.41. The van der Waals surface area contributed by atoms with Gasteiger partial charge in [-0.25, -0.2) is 24.7 Å². The largest absolute Gasteiger partial charge is 0.449 e. The van der Waals surface area contributed by atoms with E-state index in [4.69, 9.17) is 14.2 Å². The van der Waals surface area contributed by atoms with Gasteiger partial charge in [0, 0.05) is 6.42 Å². The van der Waals surface area contributed by atoms with Crippen LogP contribution in [-0.4, -0.2) is 71.8 Å². The Balaban J connectivity index is 2.06. The highest BCUT2D eigenvalue weighted by Crippen LogP contribution is 2.22. The van der Waals surface area contributed by atoms with E-state index in [1.54, 1.807) is 13.8 Å². The fourth-order valence-electron chi connectivity index (χ4n) is 5.41. The van der Waals surface area contributed by atoms with Crippen LogP contribution >= 0.6 is 0 Å². The number of nitrogens with one attached hydrogen (secondary N) is 1. The summed E-state index contributed by atoms with van der Waals surface area (Å²) in [6.07, 6.45) is 11.9. The van der Waals surface area contributed by atoms with Gasteiger partial charge >= 0.3 is 18.3 Å². The minimum Gasteiger partial charge on any atom is -0.449 e. The first-order valence-electron chi connectivity index (χ1n) is 16.8. The normalized spacial score (nSPS) is 14.9. The van der Waals surface area contributed by atoms with Gasteiger partial charge < -0.3 is 14.2 Å². The van der Waals surface area contributed by atoms with E-state index in [1.165, 1.54) is 51.4 Å². The molecule has 1 aliphatic rings. The van der Waals surface area contributed by atoms with Gasteiger partial charge in [-0.15, -0.1) is 0 Å². The third-order valence-electron chi connectivity index (χ3n) is 7.79. The summed E-state index contributed by atoms with van der Waals surface area (Å²) >= 11 is 0. The number of amides is 4. The average Bonchev–Trinajstić information content (AvgIpc) is 3.39. The van der Waals surface area contributed by atoms with Crippen molar-refractivity contribution in [2.24, 2.45) is 0 Å². The van der Waals surface area contributed by atoms with Crippen LogP contribution in [0, 0.1) is 0 Å². The first-order valence-corrected chi connectivity index (χ1v) is 16.8. The second-order valence-electron chi connectivity index (χ2n) is 11.4. The first-order chi connectivity index (χ1) is 21.8. The topological polar surface area (TPSA) is 132 Å². The van der Waals surface area contributed by atoms with Gasteiger partial charge in [0.25, 0.3) is 5.91 Å². The Morgan fingerprint density at radius 2 is 1.40 bits per heavy atom. The minimum absolute atomic E-state index is 0.00832. The molecule has 0 saturated carbocycles. The van der Waals surface area contributed by atoms with Crippen molar-refractivity contribution in [2.45, 2.75) is 129 Å². The smallest absolute Gasteiger partial charge is 0.429 e. The Labute approximate surface area is 268 Å². The number of nitrogens with zero attached hydrogens (tertiary/aromatic N) is 2. The number of unbranched alkanes of at least 4 members (excludes halogenated alkanes) is 12. The van der Waals surface area contributed by atoms with E-state index >= 15 is 0 Å². The zero-order chi connectivity index (χ0) is 32.9. The molecule has 0 spiro atoms. The second kappa shape index (κ2) is 22.0. The molecular weight excluding hydrogens is 578 g/mol. The lowest BCUT2D eigenvalue weighted by Crippen LogP contribution is -2.62. The van der Waals surface area contributed by atoms with E-state index in [0.717, 1.165) is 36.1 Å². The molecule has 1 aromatic rings. The van der Waals surface area contributed by atoms with Crippen LogP contribution in [0.25, 0.3) is 0 Å². The van der Waals surface area contributed by atoms with Gasteiger partial charge in [-0.05, 0) is 32.3 Å². The number of hydrogen-bond acceptors (Lipinski definition) is 8. The third kappa shape index (κ3) is 13.5. The van der Waals surface area contributed by atoms with Crippen LogP contribution in [0.5, 0.6) is 0 Å². The molecule has 2 atom stereocenters. The van der Waals surface area contributed by atoms with Crippen LogP contribution in [-0.2, 0) is 30.2 Å². The number of carbonyl (C=O) groups excluding carboxylic acids is 5. The number of Topliss-reactive ketones (excluding diaryl/α,β-unsaturated/α-hetero) is 1. The monoisotopic (exact) mass is 631 g/mol. The molecule has 0 aromatic heterocycles. The Hall–Kier alpha value is -3.63. The number of ether oxygens (including phenoxy) is 3. The molecule has 1 N–H and O–H groups in total. The van der Waals surface area contributed by atoms with Crippen LogP contribution < -0.4 is 5.43 Å². The Morgan fingerprint density at radius 1 is 0.844 bits per heavy atom. The number of cyclic esters (lactones) is 1. The van der Waals surface area contributed by atoms with Gasteiger partial charge in [0.05, 0.1) is 19.3 Å². The summed E-state index contributed by atoms with van der Waals surface area (Å²) in [5.74, 6) is -1.59. The maximum Gasteiger partial charge on any atom is 0.429 e. The molecule has 1 fully saturated rings. The molecule has 45 heavy (non-hydrogen) atoms. The molecule has 1 saturated heterocycles. The second-order valence-corrected chi connectivity index (χ2v) is 11.4.